The lowest BCUT2D eigenvalue weighted by Crippen LogP contribution is -2.58. The van der Waals surface area contributed by atoms with E-state index in [9.17, 15) is 0 Å². The summed E-state index contributed by atoms with van der Waals surface area (Å²) in [6, 6.07) is 1.59. The molecule has 0 spiro atoms. The molecule has 1 aliphatic rings. The Morgan fingerprint density at radius 3 is 2.33 bits per heavy atom. The third-order valence-electron chi connectivity index (χ3n) is 2.50. The Labute approximate surface area is 57.8 Å². The van der Waals surface area contributed by atoms with Crippen LogP contribution >= 0.6 is 0 Å². The van der Waals surface area contributed by atoms with Gasteiger partial charge in [-0.3, -0.25) is 0 Å². The third-order valence-corrected chi connectivity index (χ3v) is 2.50. The van der Waals surface area contributed by atoms with Gasteiger partial charge in [-0.05, 0) is 19.3 Å². The molecule has 3 atom stereocenters. The first kappa shape index (κ1) is 7.07. The summed E-state index contributed by atoms with van der Waals surface area (Å²) in [6.45, 7) is 6.84. The standard InChI is InChI=1S/C8H17N/c1-4-5-8-6(2)7(3)9-8/h6-9H,4-5H2,1-3H3. The summed E-state index contributed by atoms with van der Waals surface area (Å²) in [5, 5.41) is 3.49. The van der Waals surface area contributed by atoms with Crippen LogP contribution in [0.3, 0.4) is 0 Å². The molecule has 1 fully saturated rings. The molecule has 1 N–H and O–H groups in total. The predicted molar refractivity (Wildman–Crippen MR) is 40.5 cm³/mol. The highest BCUT2D eigenvalue weighted by atomic mass is 15.0. The molecule has 0 radical (unpaired) electrons. The SMILES string of the molecule is CCCC1NC(C)C1C. The molecule has 1 heterocycles. The molecule has 1 aliphatic heterocycles. The molecular weight excluding hydrogens is 110 g/mol. The number of hydrogen-bond acceptors (Lipinski definition) is 1. The van der Waals surface area contributed by atoms with E-state index in [0.29, 0.717) is 0 Å². The Kier molecular flexibility index (Phi) is 2.12. The fourth-order valence-electron chi connectivity index (χ4n) is 1.53. The van der Waals surface area contributed by atoms with Crippen LogP contribution in [0.1, 0.15) is 33.6 Å². The van der Waals surface area contributed by atoms with Crippen LogP contribution in [0.4, 0.5) is 0 Å². The van der Waals surface area contributed by atoms with Gasteiger partial charge in [-0.15, -0.1) is 0 Å². The highest BCUT2D eigenvalue weighted by Crippen LogP contribution is 2.22. The fourth-order valence-corrected chi connectivity index (χ4v) is 1.53. The molecule has 0 aliphatic carbocycles. The van der Waals surface area contributed by atoms with Gasteiger partial charge in [0.05, 0.1) is 0 Å². The van der Waals surface area contributed by atoms with Crippen molar-refractivity contribution in [2.24, 2.45) is 5.92 Å². The largest absolute Gasteiger partial charge is 0.311 e. The van der Waals surface area contributed by atoms with Gasteiger partial charge in [0.15, 0.2) is 0 Å². The monoisotopic (exact) mass is 127 g/mol. The summed E-state index contributed by atoms with van der Waals surface area (Å²) in [7, 11) is 0. The van der Waals surface area contributed by atoms with Crippen LogP contribution < -0.4 is 5.32 Å². The van der Waals surface area contributed by atoms with Gasteiger partial charge in [0.1, 0.15) is 0 Å². The second-order valence-corrected chi connectivity index (χ2v) is 3.21. The molecule has 3 unspecified atom stereocenters. The van der Waals surface area contributed by atoms with Crippen molar-refractivity contribution in [2.45, 2.75) is 45.7 Å². The molecule has 0 aromatic heterocycles. The van der Waals surface area contributed by atoms with Crippen molar-refractivity contribution in [2.75, 3.05) is 0 Å². The Hall–Kier alpha value is -0.0400. The normalized spacial score (nSPS) is 42.3. The molecule has 0 aromatic carbocycles. The first-order valence-corrected chi connectivity index (χ1v) is 4.01. The Balaban J connectivity index is 2.17. The molecule has 0 bridgehead atoms. The maximum absolute atomic E-state index is 3.49. The highest BCUT2D eigenvalue weighted by molar-refractivity contribution is 4.91. The lowest BCUT2D eigenvalue weighted by Gasteiger charge is -2.42. The van der Waals surface area contributed by atoms with E-state index in [0.717, 1.165) is 18.0 Å². The van der Waals surface area contributed by atoms with Gasteiger partial charge >= 0.3 is 0 Å². The lowest BCUT2D eigenvalue weighted by molar-refractivity contribution is 0.163. The second kappa shape index (κ2) is 2.70. The Morgan fingerprint density at radius 2 is 2.00 bits per heavy atom. The summed E-state index contributed by atoms with van der Waals surface area (Å²) >= 11 is 0. The van der Waals surface area contributed by atoms with Gasteiger partial charge < -0.3 is 5.32 Å². The molecule has 54 valence electrons. The molecule has 9 heavy (non-hydrogen) atoms. The first-order valence-electron chi connectivity index (χ1n) is 4.01. The predicted octanol–water partition coefficient (Wildman–Crippen LogP) is 1.78. The van der Waals surface area contributed by atoms with E-state index < -0.39 is 0 Å². The van der Waals surface area contributed by atoms with Gasteiger partial charge in [-0.1, -0.05) is 20.3 Å². The number of nitrogens with one attached hydrogen (secondary N) is 1. The second-order valence-electron chi connectivity index (χ2n) is 3.21. The van der Waals surface area contributed by atoms with Gasteiger partial charge in [0.2, 0.25) is 0 Å². The van der Waals surface area contributed by atoms with E-state index in [4.69, 9.17) is 0 Å². The highest BCUT2D eigenvalue weighted by Gasteiger charge is 2.31. The summed E-state index contributed by atoms with van der Waals surface area (Å²) in [6.07, 6.45) is 2.67. The lowest BCUT2D eigenvalue weighted by atomic mass is 9.83. The van der Waals surface area contributed by atoms with Crippen LogP contribution in [0, 0.1) is 5.92 Å². The smallest absolute Gasteiger partial charge is 0.0110 e. The van der Waals surface area contributed by atoms with Crippen molar-refractivity contribution >= 4 is 0 Å². The molecule has 0 saturated carbocycles. The minimum atomic E-state index is 0.765. The van der Waals surface area contributed by atoms with Crippen molar-refractivity contribution in [1.29, 1.82) is 0 Å². The maximum Gasteiger partial charge on any atom is 0.0110 e. The van der Waals surface area contributed by atoms with Crippen molar-refractivity contribution in [3.63, 3.8) is 0 Å². The van der Waals surface area contributed by atoms with Crippen LogP contribution in [0.5, 0.6) is 0 Å². The van der Waals surface area contributed by atoms with Crippen molar-refractivity contribution in [3.05, 3.63) is 0 Å². The van der Waals surface area contributed by atoms with Crippen molar-refractivity contribution < 1.29 is 0 Å². The quantitative estimate of drug-likeness (QED) is 0.596. The average Bonchev–Trinajstić information content (AvgIpc) is 1.88. The van der Waals surface area contributed by atoms with E-state index in [1.807, 2.05) is 0 Å². The third kappa shape index (κ3) is 1.26. The van der Waals surface area contributed by atoms with Crippen LogP contribution in [-0.2, 0) is 0 Å². The molecule has 0 amide bonds. The van der Waals surface area contributed by atoms with Crippen LogP contribution in [0.15, 0.2) is 0 Å². The van der Waals surface area contributed by atoms with Crippen LogP contribution in [0.25, 0.3) is 0 Å². The zero-order chi connectivity index (χ0) is 6.85. The Bertz CT molecular complexity index is 88.6. The van der Waals surface area contributed by atoms with Crippen LogP contribution in [0.2, 0.25) is 0 Å². The number of hydrogen-bond donors (Lipinski definition) is 1. The molecular formula is C8H17N. The van der Waals surface area contributed by atoms with E-state index in [1.54, 1.807) is 0 Å². The summed E-state index contributed by atoms with van der Waals surface area (Å²) in [5.41, 5.74) is 0. The molecule has 1 nitrogen and oxygen atoms in total. The van der Waals surface area contributed by atoms with E-state index in [2.05, 4.69) is 26.1 Å². The molecule has 1 saturated heterocycles. The van der Waals surface area contributed by atoms with E-state index in [-0.39, 0.29) is 0 Å². The zero-order valence-electron chi connectivity index (χ0n) is 6.65. The van der Waals surface area contributed by atoms with Gasteiger partial charge in [-0.2, -0.15) is 0 Å². The zero-order valence-corrected chi connectivity index (χ0v) is 6.65. The van der Waals surface area contributed by atoms with Gasteiger partial charge in [-0.25, -0.2) is 0 Å². The van der Waals surface area contributed by atoms with Gasteiger partial charge in [0.25, 0.3) is 0 Å². The van der Waals surface area contributed by atoms with Gasteiger partial charge in [0, 0.05) is 12.1 Å². The summed E-state index contributed by atoms with van der Waals surface area (Å²) in [4.78, 5) is 0. The average molecular weight is 127 g/mol. The summed E-state index contributed by atoms with van der Waals surface area (Å²) in [5.74, 6) is 0.907. The molecule has 1 heteroatoms. The van der Waals surface area contributed by atoms with Crippen molar-refractivity contribution in [3.8, 4) is 0 Å². The Morgan fingerprint density at radius 1 is 1.33 bits per heavy atom. The minimum Gasteiger partial charge on any atom is -0.311 e. The maximum atomic E-state index is 3.49. The van der Waals surface area contributed by atoms with E-state index in [1.165, 1.54) is 12.8 Å². The molecule has 0 aromatic rings. The first-order chi connectivity index (χ1) is 4.25. The number of rotatable bonds is 2. The van der Waals surface area contributed by atoms with Crippen LogP contribution in [-0.4, -0.2) is 12.1 Å². The minimum absolute atomic E-state index is 0.765. The topological polar surface area (TPSA) is 12.0 Å². The fraction of sp³-hybridized carbons (Fsp3) is 1.00. The van der Waals surface area contributed by atoms with Crippen molar-refractivity contribution in [1.82, 2.24) is 5.32 Å². The molecule has 1 rings (SSSR count). The van der Waals surface area contributed by atoms with E-state index >= 15 is 0 Å². The summed E-state index contributed by atoms with van der Waals surface area (Å²) < 4.78 is 0.